The number of hydrogen-bond acceptors (Lipinski definition) is 8. The van der Waals surface area contributed by atoms with Crippen molar-refractivity contribution in [3.63, 3.8) is 0 Å². The van der Waals surface area contributed by atoms with Gasteiger partial charge in [-0.05, 0) is 35.5 Å². The molecule has 1 heterocycles. The maximum absolute atomic E-state index is 12.9. The number of unbranched alkanes of at least 4 members (excludes halogenated alkanes) is 3. The van der Waals surface area contributed by atoms with E-state index in [0.29, 0.717) is 24.8 Å². The number of nitrogens with one attached hydrogen (secondary N) is 1. The lowest BCUT2D eigenvalue weighted by Crippen LogP contribution is -2.42. The predicted octanol–water partition coefficient (Wildman–Crippen LogP) is 4.21. The summed E-state index contributed by atoms with van der Waals surface area (Å²) in [7, 11) is 0. The van der Waals surface area contributed by atoms with Crippen molar-refractivity contribution >= 4 is 52.7 Å². The SMILES string of the molecule is CCCCCCN([S+]([O-])CNC(=O)ON=C(C)SC)P1(=S)OCC(C)(C)CO1. The van der Waals surface area contributed by atoms with Gasteiger partial charge in [0.05, 0.1) is 31.1 Å². The largest absolute Gasteiger partial charge is 0.596 e. The lowest BCUT2D eigenvalue weighted by atomic mass is 9.97. The monoisotopic (exact) mass is 473 g/mol. The Hall–Kier alpha value is 0.130. The Morgan fingerprint density at radius 3 is 2.61 bits per heavy atom. The summed E-state index contributed by atoms with van der Waals surface area (Å²) in [6.45, 7) is 6.44. The van der Waals surface area contributed by atoms with Crippen molar-refractivity contribution in [3.05, 3.63) is 0 Å². The zero-order chi connectivity index (χ0) is 21.2. The Bertz CT molecular complexity index is 566. The molecule has 0 spiro atoms. The average Bonchev–Trinajstić information content (AvgIpc) is 2.66. The molecule has 164 valence electrons. The van der Waals surface area contributed by atoms with E-state index in [1.54, 1.807) is 11.0 Å². The summed E-state index contributed by atoms with van der Waals surface area (Å²) in [5, 5.41) is 6.71. The van der Waals surface area contributed by atoms with Crippen LogP contribution in [0, 0.1) is 5.41 Å². The molecule has 0 aromatic carbocycles. The van der Waals surface area contributed by atoms with Crippen molar-refractivity contribution in [3.8, 4) is 0 Å². The van der Waals surface area contributed by atoms with Gasteiger partial charge in [-0.15, -0.1) is 11.8 Å². The highest BCUT2D eigenvalue weighted by atomic mass is 32.5. The van der Waals surface area contributed by atoms with Gasteiger partial charge in [-0.25, -0.2) is 4.79 Å². The number of thioether (sulfide) groups is 1. The van der Waals surface area contributed by atoms with Gasteiger partial charge in [0.2, 0.25) is 5.88 Å². The fourth-order valence-corrected chi connectivity index (χ4v) is 7.26. The van der Waals surface area contributed by atoms with Crippen LogP contribution in [0.4, 0.5) is 4.79 Å². The first-order valence-corrected chi connectivity index (χ1v) is 14.3. The van der Waals surface area contributed by atoms with Gasteiger partial charge in [-0.1, -0.05) is 45.2 Å². The molecule has 0 saturated carbocycles. The van der Waals surface area contributed by atoms with Crippen LogP contribution in [0.1, 0.15) is 53.4 Å². The Balaban J connectivity index is 2.70. The van der Waals surface area contributed by atoms with E-state index < -0.39 is 24.1 Å². The number of carbonyl (C=O) groups excluding carboxylic acids is 1. The molecule has 1 aliphatic heterocycles. The zero-order valence-corrected chi connectivity index (χ0v) is 20.6. The van der Waals surface area contributed by atoms with Crippen LogP contribution in [-0.4, -0.2) is 51.7 Å². The van der Waals surface area contributed by atoms with E-state index in [1.807, 2.05) is 20.1 Å². The first-order valence-electron chi connectivity index (χ1n) is 9.22. The number of hydrogen-bond donors (Lipinski definition) is 1. The van der Waals surface area contributed by atoms with Crippen molar-refractivity contribution in [2.75, 3.05) is 31.9 Å². The van der Waals surface area contributed by atoms with Gasteiger partial charge < -0.3 is 13.6 Å². The van der Waals surface area contributed by atoms with Crippen LogP contribution in [0.3, 0.4) is 0 Å². The van der Waals surface area contributed by atoms with Gasteiger partial charge in [-0.2, -0.15) is 0 Å². The van der Waals surface area contributed by atoms with Crippen molar-refractivity contribution in [1.82, 2.24) is 9.39 Å². The highest BCUT2D eigenvalue weighted by Crippen LogP contribution is 2.58. The molecule has 1 aliphatic rings. The van der Waals surface area contributed by atoms with Crippen molar-refractivity contribution < 1.29 is 23.2 Å². The number of nitrogens with zero attached hydrogens (tertiary/aromatic N) is 2. The highest BCUT2D eigenvalue weighted by molar-refractivity contribution is 8.13. The zero-order valence-electron chi connectivity index (χ0n) is 17.3. The maximum atomic E-state index is 12.9. The number of rotatable bonds is 10. The second-order valence-corrected chi connectivity index (χ2v) is 13.1. The fraction of sp³-hybridized carbons (Fsp3) is 0.875. The highest BCUT2D eigenvalue weighted by Gasteiger charge is 2.43. The molecule has 1 rings (SSSR count). The predicted molar refractivity (Wildman–Crippen MR) is 120 cm³/mol. The third-order valence-corrected chi connectivity index (χ3v) is 9.93. The van der Waals surface area contributed by atoms with Gasteiger partial charge in [0.15, 0.2) is 0 Å². The van der Waals surface area contributed by atoms with Gasteiger partial charge in [0.1, 0.15) is 5.04 Å². The number of carbonyl (C=O) groups is 1. The van der Waals surface area contributed by atoms with Gasteiger partial charge >= 0.3 is 12.7 Å². The normalized spacial score (nSPS) is 20.0. The van der Waals surface area contributed by atoms with Crippen molar-refractivity contribution in [1.29, 1.82) is 0 Å². The molecular weight excluding hydrogens is 441 g/mol. The van der Waals surface area contributed by atoms with Crippen molar-refractivity contribution in [2.45, 2.75) is 53.4 Å². The van der Waals surface area contributed by atoms with Crippen LogP contribution < -0.4 is 5.32 Å². The minimum atomic E-state index is -2.86. The first kappa shape index (κ1) is 26.2. The third-order valence-electron chi connectivity index (χ3n) is 3.84. The van der Waals surface area contributed by atoms with Crippen LogP contribution in [0.5, 0.6) is 0 Å². The molecule has 0 bridgehead atoms. The smallest absolute Gasteiger partial charge is 0.437 e. The Morgan fingerprint density at radius 2 is 2.04 bits per heavy atom. The second kappa shape index (κ2) is 12.7. The lowest BCUT2D eigenvalue weighted by Gasteiger charge is -2.40. The Kier molecular flexibility index (Phi) is 11.9. The van der Waals surface area contributed by atoms with Crippen LogP contribution >= 0.6 is 18.4 Å². The van der Waals surface area contributed by atoms with Crippen molar-refractivity contribution in [2.24, 2.45) is 10.6 Å². The molecule has 1 unspecified atom stereocenters. The van der Waals surface area contributed by atoms with Crippen LogP contribution in [-0.2, 0) is 37.1 Å². The van der Waals surface area contributed by atoms with Gasteiger partial charge in [0.25, 0.3) is 0 Å². The van der Waals surface area contributed by atoms with Gasteiger partial charge in [0, 0.05) is 5.41 Å². The lowest BCUT2D eigenvalue weighted by molar-refractivity contribution is 0.0497. The molecule has 28 heavy (non-hydrogen) atoms. The molecule has 0 aromatic rings. The minimum absolute atomic E-state index is 0.132. The molecule has 1 N–H and O–H groups in total. The molecule has 0 aromatic heterocycles. The number of amides is 1. The van der Waals surface area contributed by atoms with E-state index in [1.165, 1.54) is 11.8 Å². The summed E-state index contributed by atoms with van der Waals surface area (Å²) in [4.78, 5) is 16.5. The summed E-state index contributed by atoms with van der Waals surface area (Å²) < 4.78 is 26.3. The molecule has 1 saturated heterocycles. The molecule has 1 amide bonds. The topological polar surface area (TPSA) is 95.5 Å². The average molecular weight is 474 g/mol. The summed E-state index contributed by atoms with van der Waals surface area (Å²) in [6.07, 6.45) is 5.08. The van der Waals surface area contributed by atoms with E-state index in [-0.39, 0.29) is 11.3 Å². The molecule has 0 aliphatic carbocycles. The molecule has 1 atom stereocenters. The summed E-state index contributed by atoms with van der Waals surface area (Å²) in [6, 6.07) is 0. The fourth-order valence-electron chi connectivity index (χ4n) is 2.10. The van der Waals surface area contributed by atoms with E-state index in [0.717, 1.165) is 25.7 Å². The van der Waals surface area contributed by atoms with E-state index in [4.69, 9.17) is 25.7 Å². The quantitative estimate of drug-likeness (QED) is 0.0959. The molecule has 0 radical (unpaired) electrons. The molecular formula is C16H32N3O5PS3. The van der Waals surface area contributed by atoms with E-state index in [9.17, 15) is 9.35 Å². The van der Waals surface area contributed by atoms with E-state index >= 15 is 0 Å². The number of oxime groups is 1. The van der Waals surface area contributed by atoms with Crippen LogP contribution in [0.2, 0.25) is 0 Å². The molecule has 12 heteroatoms. The van der Waals surface area contributed by atoms with Gasteiger partial charge in [-0.3, -0.25) is 10.2 Å². The molecule has 8 nitrogen and oxygen atoms in total. The summed E-state index contributed by atoms with van der Waals surface area (Å²) >= 11 is 5.41. The maximum Gasteiger partial charge on any atom is 0.437 e. The van der Waals surface area contributed by atoms with Crippen LogP contribution in [0.25, 0.3) is 0 Å². The Morgan fingerprint density at radius 1 is 1.39 bits per heavy atom. The molecule has 1 fully saturated rings. The standard InChI is InChI=1S/C16H32N3O5PS3/c1-6-7-8-9-10-19(25(26)22-11-16(3,4)12-23-25)28(21)13-17-15(20)24-18-14(2)27-5/h6-13H2,1-5H3,(H,17,20). The first-order chi connectivity index (χ1) is 13.1. The summed E-state index contributed by atoms with van der Waals surface area (Å²) in [5.41, 5.74) is -0.132. The van der Waals surface area contributed by atoms with E-state index in [2.05, 4.69) is 17.4 Å². The summed E-state index contributed by atoms with van der Waals surface area (Å²) in [5.74, 6) is -0.144. The van der Waals surface area contributed by atoms with Crippen LogP contribution in [0.15, 0.2) is 5.16 Å². The second-order valence-electron chi connectivity index (χ2n) is 7.15. The third kappa shape index (κ3) is 9.30. The minimum Gasteiger partial charge on any atom is -0.596 e. The Labute approximate surface area is 181 Å².